The molecule has 1 amide bonds. The molecule has 0 radical (unpaired) electrons. The molecule has 2 heterocycles. The number of benzene rings is 2. The number of halogens is 1. The molecule has 1 aromatic heterocycles. The van der Waals surface area contributed by atoms with Crippen molar-refractivity contribution in [3.63, 3.8) is 0 Å². The number of nitrogens with zero attached hydrogens (tertiary/aromatic N) is 4. The summed E-state index contributed by atoms with van der Waals surface area (Å²) in [6, 6.07) is 16.3. The summed E-state index contributed by atoms with van der Waals surface area (Å²) in [4.78, 5) is 17.1. The van der Waals surface area contributed by atoms with Crippen LogP contribution < -0.4 is 4.90 Å². The van der Waals surface area contributed by atoms with Crippen molar-refractivity contribution in [2.45, 2.75) is 27.3 Å². The van der Waals surface area contributed by atoms with Crippen LogP contribution in [-0.2, 0) is 11.3 Å². The van der Waals surface area contributed by atoms with E-state index in [1.807, 2.05) is 53.8 Å². The zero-order valence-electron chi connectivity index (χ0n) is 18.9. The van der Waals surface area contributed by atoms with Gasteiger partial charge in [-0.05, 0) is 56.2 Å². The van der Waals surface area contributed by atoms with Crippen molar-refractivity contribution < 1.29 is 4.79 Å². The Bertz CT molecular complexity index is 1140. The Kier molecular flexibility index (Phi) is 6.66. The molecule has 1 saturated heterocycles. The first-order valence-electron chi connectivity index (χ1n) is 11.0. The van der Waals surface area contributed by atoms with Gasteiger partial charge >= 0.3 is 0 Å². The molecular weight excluding hydrogens is 420 g/mol. The highest BCUT2D eigenvalue weighted by Crippen LogP contribution is 2.21. The number of hydrogen-bond acceptors (Lipinski definition) is 3. The third-order valence-electron chi connectivity index (χ3n) is 6.07. The van der Waals surface area contributed by atoms with Gasteiger partial charge in [-0.15, -0.1) is 0 Å². The summed E-state index contributed by atoms with van der Waals surface area (Å²) < 4.78 is 1.95. The summed E-state index contributed by atoms with van der Waals surface area (Å²) in [7, 11) is 0. The van der Waals surface area contributed by atoms with Crippen LogP contribution in [0.5, 0.6) is 0 Å². The molecule has 0 spiro atoms. The number of anilines is 1. The Labute approximate surface area is 194 Å². The number of hydrogen-bond donors (Lipinski definition) is 0. The minimum Gasteiger partial charge on any atom is -0.368 e. The lowest BCUT2D eigenvalue weighted by Gasteiger charge is -2.35. The smallest absolute Gasteiger partial charge is 0.246 e. The number of piperazine rings is 1. The Morgan fingerprint density at radius 2 is 1.78 bits per heavy atom. The average Bonchev–Trinajstić information content (AvgIpc) is 3.06. The van der Waals surface area contributed by atoms with Gasteiger partial charge in [0.2, 0.25) is 5.91 Å². The summed E-state index contributed by atoms with van der Waals surface area (Å²) in [6.45, 7) is 9.85. The number of rotatable bonds is 5. The molecule has 0 unspecified atom stereocenters. The second kappa shape index (κ2) is 9.61. The van der Waals surface area contributed by atoms with E-state index in [1.165, 1.54) is 11.3 Å². The molecule has 1 fully saturated rings. The first-order valence-corrected chi connectivity index (χ1v) is 11.4. The average molecular weight is 449 g/mol. The van der Waals surface area contributed by atoms with Crippen LogP contribution in [0.3, 0.4) is 0 Å². The van der Waals surface area contributed by atoms with E-state index in [9.17, 15) is 4.79 Å². The van der Waals surface area contributed by atoms with Gasteiger partial charge in [0, 0.05) is 54.2 Å². The molecular formula is C26H29ClN4O. The van der Waals surface area contributed by atoms with Crippen LogP contribution in [0.2, 0.25) is 5.02 Å². The summed E-state index contributed by atoms with van der Waals surface area (Å²) >= 11 is 6.31. The molecule has 0 N–H and O–H groups in total. The second-order valence-corrected chi connectivity index (χ2v) is 8.73. The summed E-state index contributed by atoms with van der Waals surface area (Å²) in [5, 5.41) is 5.40. The van der Waals surface area contributed by atoms with Gasteiger partial charge in [0.1, 0.15) is 0 Å². The van der Waals surface area contributed by atoms with E-state index in [-0.39, 0.29) is 5.91 Å². The number of aromatic nitrogens is 2. The van der Waals surface area contributed by atoms with Gasteiger partial charge in [0.25, 0.3) is 0 Å². The van der Waals surface area contributed by atoms with Crippen LogP contribution in [-0.4, -0.2) is 46.8 Å². The van der Waals surface area contributed by atoms with Crippen molar-refractivity contribution in [1.82, 2.24) is 14.7 Å². The molecule has 32 heavy (non-hydrogen) atoms. The second-order valence-electron chi connectivity index (χ2n) is 8.32. The van der Waals surface area contributed by atoms with E-state index in [1.54, 1.807) is 6.08 Å². The molecule has 2 aromatic carbocycles. The highest BCUT2D eigenvalue weighted by Gasteiger charge is 2.20. The zero-order chi connectivity index (χ0) is 22.7. The van der Waals surface area contributed by atoms with Crippen molar-refractivity contribution >= 4 is 29.3 Å². The third kappa shape index (κ3) is 4.89. The van der Waals surface area contributed by atoms with E-state index in [0.29, 0.717) is 6.54 Å². The summed E-state index contributed by atoms with van der Waals surface area (Å²) in [6.07, 6.45) is 3.58. The molecule has 4 rings (SSSR count). The number of amides is 1. The van der Waals surface area contributed by atoms with Gasteiger partial charge in [-0.3, -0.25) is 9.48 Å². The molecule has 166 valence electrons. The van der Waals surface area contributed by atoms with E-state index in [4.69, 9.17) is 11.6 Å². The summed E-state index contributed by atoms with van der Waals surface area (Å²) in [5.74, 6) is 0.0477. The lowest BCUT2D eigenvalue weighted by atomic mass is 10.1. The maximum Gasteiger partial charge on any atom is 0.246 e. The molecule has 0 bridgehead atoms. The quantitative estimate of drug-likeness (QED) is 0.523. The Hall–Kier alpha value is -3.05. The molecule has 6 heteroatoms. The lowest BCUT2D eigenvalue weighted by molar-refractivity contribution is -0.126. The molecule has 3 aromatic rings. The van der Waals surface area contributed by atoms with Gasteiger partial charge in [0.15, 0.2) is 0 Å². The Morgan fingerprint density at radius 3 is 2.50 bits per heavy atom. The Balaban J connectivity index is 1.40. The molecule has 1 aliphatic rings. The van der Waals surface area contributed by atoms with Crippen LogP contribution in [0, 0.1) is 20.8 Å². The predicted octanol–water partition coefficient (Wildman–Crippen LogP) is 4.87. The Morgan fingerprint density at radius 1 is 1.03 bits per heavy atom. The molecule has 0 saturated carbocycles. The normalized spacial score (nSPS) is 14.4. The van der Waals surface area contributed by atoms with E-state index in [0.717, 1.165) is 53.7 Å². The zero-order valence-corrected chi connectivity index (χ0v) is 19.6. The molecule has 0 aliphatic carbocycles. The van der Waals surface area contributed by atoms with E-state index >= 15 is 0 Å². The van der Waals surface area contributed by atoms with Gasteiger partial charge in [-0.25, -0.2) is 0 Å². The summed E-state index contributed by atoms with van der Waals surface area (Å²) in [5.41, 5.74) is 6.43. The maximum atomic E-state index is 12.8. The van der Waals surface area contributed by atoms with Crippen molar-refractivity contribution in [1.29, 1.82) is 0 Å². The first-order chi connectivity index (χ1) is 15.4. The van der Waals surface area contributed by atoms with Gasteiger partial charge in [-0.2, -0.15) is 5.10 Å². The number of carbonyl (C=O) groups is 1. The predicted molar refractivity (Wildman–Crippen MR) is 131 cm³/mol. The van der Waals surface area contributed by atoms with Crippen LogP contribution in [0.1, 0.15) is 28.1 Å². The highest BCUT2D eigenvalue weighted by atomic mass is 35.5. The fourth-order valence-corrected chi connectivity index (χ4v) is 4.36. The minimum absolute atomic E-state index is 0.0477. The van der Waals surface area contributed by atoms with Crippen molar-refractivity contribution in [3.8, 4) is 0 Å². The van der Waals surface area contributed by atoms with Crippen LogP contribution in [0.15, 0.2) is 54.6 Å². The standard InChI is InChI=1S/C26H29ClN4O/c1-19-7-6-9-23(17-19)29-13-15-30(16-14-29)26(32)12-11-24-20(2)28-31(21(24)3)18-22-8-4-5-10-25(22)27/h4-12,17H,13-16,18H2,1-3H3/b12-11+. The lowest BCUT2D eigenvalue weighted by Crippen LogP contribution is -2.48. The molecule has 5 nitrogen and oxygen atoms in total. The number of aryl methyl sites for hydroxylation is 2. The van der Waals surface area contributed by atoms with Gasteiger partial charge in [0.05, 0.1) is 12.2 Å². The highest BCUT2D eigenvalue weighted by molar-refractivity contribution is 6.31. The first kappa shape index (κ1) is 22.2. The van der Waals surface area contributed by atoms with E-state index in [2.05, 4.69) is 41.2 Å². The third-order valence-corrected chi connectivity index (χ3v) is 6.43. The largest absolute Gasteiger partial charge is 0.368 e. The fraction of sp³-hybridized carbons (Fsp3) is 0.308. The van der Waals surface area contributed by atoms with Crippen molar-refractivity contribution in [2.75, 3.05) is 31.1 Å². The van der Waals surface area contributed by atoms with Crippen LogP contribution in [0.25, 0.3) is 6.08 Å². The maximum absolute atomic E-state index is 12.8. The minimum atomic E-state index is 0.0477. The number of carbonyl (C=O) groups excluding carboxylic acids is 1. The molecule has 1 aliphatic heterocycles. The van der Waals surface area contributed by atoms with Crippen molar-refractivity contribution in [3.05, 3.63) is 87.7 Å². The van der Waals surface area contributed by atoms with Gasteiger partial charge in [-0.1, -0.05) is 41.9 Å². The fourth-order valence-electron chi connectivity index (χ4n) is 4.16. The topological polar surface area (TPSA) is 41.4 Å². The SMILES string of the molecule is Cc1cccc(N2CCN(C(=O)/C=C/c3c(C)nn(Cc4ccccc4Cl)c3C)CC2)c1. The van der Waals surface area contributed by atoms with Crippen LogP contribution >= 0.6 is 11.6 Å². The monoisotopic (exact) mass is 448 g/mol. The van der Waals surface area contributed by atoms with Gasteiger partial charge < -0.3 is 9.80 Å². The van der Waals surface area contributed by atoms with Crippen LogP contribution in [0.4, 0.5) is 5.69 Å². The van der Waals surface area contributed by atoms with Crippen molar-refractivity contribution in [2.24, 2.45) is 0 Å². The van der Waals surface area contributed by atoms with E-state index < -0.39 is 0 Å². The molecule has 0 atom stereocenters.